The lowest BCUT2D eigenvalue weighted by molar-refractivity contribution is 0.708. The maximum absolute atomic E-state index is 6.17. The lowest BCUT2D eigenvalue weighted by Crippen LogP contribution is -2.33. The molecule has 0 aliphatic rings. The SMILES string of the molecule is CC(NC(N)=NCc1cnn(C)c1)c1ccc(Cl)cc1Cl. The molecule has 1 aromatic heterocycles. The minimum atomic E-state index is -0.0626. The summed E-state index contributed by atoms with van der Waals surface area (Å²) in [4.78, 5) is 4.28. The second kappa shape index (κ2) is 6.83. The molecule has 1 aromatic carbocycles. The number of aliphatic imine (C=N–C) groups is 1. The fourth-order valence-corrected chi connectivity index (χ4v) is 2.50. The van der Waals surface area contributed by atoms with E-state index >= 15 is 0 Å². The van der Waals surface area contributed by atoms with Gasteiger partial charge in [-0.3, -0.25) is 4.68 Å². The highest BCUT2D eigenvalue weighted by Crippen LogP contribution is 2.25. The summed E-state index contributed by atoms with van der Waals surface area (Å²) in [5, 5.41) is 8.39. The molecule has 0 aliphatic heterocycles. The Morgan fingerprint density at radius 3 is 2.86 bits per heavy atom. The summed E-state index contributed by atoms with van der Waals surface area (Å²) in [7, 11) is 1.86. The highest BCUT2D eigenvalue weighted by Gasteiger charge is 2.10. The molecule has 0 spiro atoms. The number of guanidine groups is 1. The van der Waals surface area contributed by atoms with E-state index in [1.54, 1.807) is 23.0 Å². The fraction of sp³-hybridized carbons (Fsp3) is 0.286. The van der Waals surface area contributed by atoms with Crippen LogP contribution < -0.4 is 11.1 Å². The molecular formula is C14H17Cl2N5. The summed E-state index contributed by atoms with van der Waals surface area (Å²) in [6.45, 7) is 2.44. The van der Waals surface area contributed by atoms with Crippen molar-refractivity contribution in [2.75, 3.05) is 0 Å². The number of nitrogens with two attached hydrogens (primary N) is 1. The van der Waals surface area contributed by atoms with Crippen molar-refractivity contribution in [3.8, 4) is 0 Å². The van der Waals surface area contributed by atoms with Gasteiger partial charge in [0, 0.05) is 28.9 Å². The third-order valence-electron chi connectivity index (χ3n) is 2.98. The van der Waals surface area contributed by atoms with Gasteiger partial charge in [-0.05, 0) is 24.6 Å². The Hall–Kier alpha value is -1.72. The van der Waals surface area contributed by atoms with Gasteiger partial charge in [-0.15, -0.1) is 0 Å². The molecule has 2 aromatic rings. The average Bonchev–Trinajstić information content (AvgIpc) is 2.82. The van der Waals surface area contributed by atoms with Gasteiger partial charge in [-0.2, -0.15) is 5.10 Å². The number of aryl methyl sites for hydroxylation is 1. The van der Waals surface area contributed by atoms with Crippen molar-refractivity contribution < 1.29 is 0 Å². The molecule has 1 unspecified atom stereocenters. The molecule has 0 bridgehead atoms. The predicted octanol–water partition coefficient (Wildman–Crippen LogP) is 2.89. The zero-order valence-corrected chi connectivity index (χ0v) is 13.4. The lowest BCUT2D eigenvalue weighted by atomic mass is 10.1. The molecule has 5 nitrogen and oxygen atoms in total. The first-order chi connectivity index (χ1) is 9.95. The van der Waals surface area contributed by atoms with Crippen molar-refractivity contribution >= 4 is 29.2 Å². The first kappa shape index (κ1) is 15.7. The monoisotopic (exact) mass is 325 g/mol. The average molecular weight is 326 g/mol. The van der Waals surface area contributed by atoms with E-state index in [1.165, 1.54) is 0 Å². The van der Waals surface area contributed by atoms with Crippen molar-refractivity contribution in [1.82, 2.24) is 15.1 Å². The van der Waals surface area contributed by atoms with Crippen LogP contribution in [0.15, 0.2) is 35.6 Å². The number of nitrogens with one attached hydrogen (secondary N) is 1. The molecule has 7 heteroatoms. The summed E-state index contributed by atoms with van der Waals surface area (Å²) < 4.78 is 1.73. The van der Waals surface area contributed by atoms with Gasteiger partial charge < -0.3 is 11.1 Å². The van der Waals surface area contributed by atoms with E-state index in [0.717, 1.165) is 11.1 Å². The third kappa shape index (κ3) is 4.37. The molecule has 1 atom stereocenters. The molecule has 2 rings (SSSR count). The molecule has 0 amide bonds. The van der Waals surface area contributed by atoms with Crippen molar-refractivity contribution in [2.45, 2.75) is 19.5 Å². The van der Waals surface area contributed by atoms with Gasteiger partial charge in [0.25, 0.3) is 0 Å². The van der Waals surface area contributed by atoms with Crippen molar-refractivity contribution in [2.24, 2.45) is 17.8 Å². The molecule has 0 radical (unpaired) electrons. The Labute approximate surface area is 133 Å². The minimum Gasteiger partial charge on any atom is -0.370 e. The Kier molecular flexibility index (Phi) is 5.09. The smallest absolute Gasteiger partial charge is 0.189 e. The molecule has 3 N–H and O–H groups in total. The van der Waals surface area contributed by atoms with Crippen LogP contribution in [-0.4, -0.2) is 15.7 Å². The van der Waals surface area contributed by atoms with E-state index in [1.807, 2.05) is 26.2 Å². The number of halogens is 2. The number of aromatic nitrogens is 2. The highest BCUT2D eigenvalue weighted by atomic mass is 35.5. The van der Waals surface area contributed by atoms with E-state index in [0.29, 0.717) is 22.5 Å². The van der Waals surface area contributed by atoms with Crippen molar-refractivity contribution in [1.29, 1.82) is 0 Å². The van der Waals surface area contributed by atoms with Gasteiger partial charge >= 0.3 is 0 Å². The van der Waals surface area contributed by atoms with Gasteiger partial charge in [0.2, 0.25) is 0 Å². The van der Waals surface area contributed by atoms with Crippen LogP contribution in [0.5, 0.6) is 0 Å². The first-order valence-corrected chi connectivity index (χ1v) is 7.20. The van der Waals surface area contributed by atoms with Crippen LogP contribution in [0.1, 0.15) is 24.1 Å². The molecule has 112 valence electrons. The second-order valence-electron chi connectivity index (χ2n) is 4.76. The maximum atomic E-state index is 6.17. The zero-order chi connectivity index (χ0) is 15.4. The minimum absolute atomic E-state index is 0.0626. The second-order valence-corrected chi connectivity index (χ2v) is 5.60. The summed E-state index contributed by atoms with van der Waals surface area (Å²) in [6, 6.07) is 5.31. The number of benzene rings is 1. The van der Waals surface area contributed by atoms with Crippen LogP contribution >= 0.6 is 23.2 Å². The van der Waals surface area contributed by atoms with Crippen molar-refractivity contribution in [3.05, 3.63) is 51.8 Å². The molecule has 0 fully saturated rings. The molecule has 1 heterocycles. The summed E-state index contributed by atoms with van der Waals surface area (Å²) in [6.07, 6.45) is 3.66. The van der Waals surface area contributed by atoms with Crippen LogP contribution in [0.4, 0.5) is 0 Å². The standard InChI is InChI=1S/C14H17Cl2N5/c1-9(12-4-3-11(15)5-13(12)16)20-14(17)18-6-10-7-19-21(2)8-10/h3-5,7-9H,6H2,1-2H3,(H3,17,18,20). The third-order valence-corrected chi connectivity index (χ3v) is 3.55. The van der Waals surface area contributed by atoms with Gasteiger partial charge in [0.05, 0.1) is 18.8 Å². The van der Waals surface area contributed by atoms with Crippen LogP contribution in [0, 0.1) is 0 Å². The Bertz CT molecular complexity index is 651. The zero-order valence-electron chi connectivity index (χ0n) is 11.8. The Morgan fingerprint density at radius 1 is 1.48 bits per heavy atom. The molecule has 21 heavy (non-hydrogen) atoms. The van der Waals surface area contributed by atoms with E-state index in [4.69, 9.17) is 28.9 Å². The van der Waals surface area contributed by atoms with Crippen molar-refractivity contribution in [3.63, 3.8) is 0 Å². The van der Waals surface area contributed by atoms with E-state index in [2.05, 4.69) is 15.4 Å². The van der Waals surface area contributed by atoms with E-state index in [-0.39, 0.29) is 6.04 Å². The highest BCUT2D eigenvalue weighted by molar-refractivity contribution is 6.35. The summed E-state index contributed by atoms with van der Waals surface area (Å²) in [5.74, 6) is 0.359. The molecular weight excluding hydrogens is 309 g/mol. The maximum Gasteiger partial charge on any atom is 0.189 e. The molecule has 0 saturated heterocycles. The number of nitrogens with zero attached hydrogens (tertiary/aromatic N) is 3. The first-order valence-electron chi connectivity index (χ1n) is 6.44. The number of hydrogen-bond acceptors (Lipinski definition) is 2. The predicted molar refractivity (Wildman–Crippen MR) is 86.5 cm³/mol. The van der Waals surface area contributed by atoms with Gasteiger partial charge in [0.15, 0.2) is 5.96 Å². The van der Waals surface area contributed by atoms with E-state index < -0.39 is 0 Å². The van der Waals surface area contributed by atoms with Gasteiger partial charge in [-0.1, -0.05) is 29.3 Å². The Balaban J connectivity index is 1.99. The van der Waals surface area contributed by atoms with Crippen LogP contribution in [0.3, 0.4) is 0 Å². The molecule has 0 saturated carbocycles. The number of hydrogen-bond donors (Lipinski definition) is 2. The van der Waals surface area contributed by atoms with Gasteiger partial charge in [0.1, 0.15) is 0 Å². The number of rotatable bonds is 4. The normalized spacial score (nSPS) is 13.2. The summed E-state index contributed by atoms with van der Waals surface area (Å²) in [5.41, 5.74) is 7.81. The molecule has 0 aliphatic carbocycles. The fourth-order valence-electron chi connectivity index (χ4n) is 1.93. The Morgan fingerprint density at radius 2 is 2.24 bits per heavy atom. The van der Waals surface area contributed by atoms with Crippen LogP contribution in [0.2, 0.25) is 10.0 Å². The lowest BCUT2D eigenvalue weighted by Gasteiger charge is -2.16. The summed E-state index contributed by atoms with van der Waals surface area (Å²) >= 11 is 12.1. The van der Waals surface area contributed by atoms with Crippen LogP contribution in [0.25, 0.3) is 0 Å². The van der Waals surface area contributed by atoms with E-state index in [9.17, 15) is 0 Å². The quantitative estimate of drug-likeness (QED) is 0.670. The topological polar surface area (TPSA) is 68.2 Å². The van der Waals surface area contributed by atoms with Crippen LogP contribution in [-0.2, 0) is 13.6 Å². The van der Waals surface area contributed by atoms with Gasteiger partial charge in [-0.25, -0.2) is 4.99 Å². The largest absolute Gasteiger partial charge is 0.370 e.